The van der Waals surface area contributed by atoms with Crippen molar-refractivity contribution in [2.75, 3.05) is 26.2 Å². The second-order valence-electron chi connectivity index (χ2n) is 5.16. The van der Waals surface area contributed by atoms with Gasteiger partial charge in [-0.25, -0.2) is 0 Å². The lowest BCUT2D eigenvalue weighted by molar-refractivity contribution is 0.175. The second kappa shape index (κ2) is 11.1. The molecule has 0 aliphatic rings. The lowest BCUT2D eigenvalue weighted by Gasteiger charge is -2.29. The lowest BCUT2D eigenvalue weighted by Crippen LogP contribution is -2.39. The summed E-state index contributed by atoms with van der Waals surface area (Å²) in [6.07, 6.45) is 5.29. The maximum atomic E-state index is 9.23. The fraction of sp³-hybridized carbons (Fsp3) is 0.933. The highest BCUT2D eigenvalue weighted by Crippen LogP contribution is 2.30. The van der Waals surface area contributed by atoms with Crippen LogP contribution >= 0.6 is 0 Å². The molecule has 0 aliphatic carbocycles. The molecule has 0 saturated heterocycles. The molecule has 4 heteroatoms. The van der Waals surface area contributed by atoms with Crippen molar-refractivity contribution >= 4 is 5.96 Å². The van der Waals surface area contributed by atoms with Gasteiger partial charge in [0.1, 0.15) is 0 Å². The van der Waals surface area contributed by atoms with Crippen LogP contribution in [-0.2, 0) is 0 Å². The first-order valence-corrected chi connectivity index (χ1v) is 7.81. The van der Waals surface area contributed by atoms with Gasteiger partial charge in [-0.15, -0.1) is 0 Å². The van der Waals surface area contributed by atoms with Gasteiger partial charge in [-0.05, 0) is 38.0 Å². The number of aliphatic imine (C=N–C) groups is 1. The lowest BCUT2D eigenvalue weighted by atomic mass is 9.79. The van der Waals surface area contributed by atoms with E-state index in [0.29, 0.717) is 0 Å². The Hall–Kier alpha value is -0.770. The van der Waals surface area contributed by atoms with E-state index < -0.39 is 0 Å². The van der Waals surface area contributed by atoms with Crippen molar-refractivity contribution in [2.24, 2.45) is 10.4 Å². The van der Waals surface area contributed by atoms with Crippen LogP contribution in [0, 0.1) is 5.41 Å². The van der Waals surface area contributed by atoms with Crippen LogP contribution in [0.2, 0.25) is 0 Å². The van der Waals surface area contributed by atoms with Gasteiger partial charge in [0.05, 0.1) is 0 Å². The Morgan fingerprint density at radius 2 is 1.79 bits per heavy atom. The van der Waals surface area contributed by atoms with E-state index in [9.17, 15) is 5.11 Å². The van der Waals surface area contributed by atoms with E-state index in [2.05, 4.69) is 38.3 Å². The minimum Gasteiger partial charge on any atom is -0.396 e. The summed E-state index contributed by atoms with van der Waals surface area (Å²) in [6, 6.07) is 0. The summed E-state index contributed by atoms with van der Waals surface area (Å²) < 4.78 is 0. The van der Waals surface area contributed by atoms with Gasteiger partial charge in [0.25, 0.3) is 0 Å². The van der Waals surface area contributed by atoms with Crippen LogP contribution in [0.1, 0.15) is 59.8 Å². The highest BCUT2D eigenvalue weighted by atomic mass is 16.3. The molecule has 0 atom stereocenters. The molecule has 0 radical (unpaired) electrons. The third-order valence-electron chi connectivity index (χ3n) is 3.88. The molecule has 0 fully saturated rings. The summed E-state index contributed by atoms with van der Waals surface area (Å²) in [5.74, 6) is 0.903. The second-order valence-corrected chi connectivity index (χ2v) is 5.16. The van der Waals surface area contributed by atoms with Crippen molar-refractivity contribution in [1.29, 1.82) is 0 Å². The first kappa shape index (κ1) is 18.2. The van der Waals surface area contributed by atoms with Gasteiger partial charge in [0.2, 0.25) is 0 Å². The van der Waals surface area contributed by atoms with Gasteiger partial charge in [-0.2, -0.15) is 0 Å². The summed E-state index contributed by atoms with van der Waals surface area (Å²) in [7, 11) is 0. The first-order valence-electron chi connectivity index (χ1n) is 7.81. The van der Waals surface area contributed by atoms with Crippen molar-refractivity contribution in [2.45, 2.75) is 59.8 Å². The molecular formula is C15H33N3O. The van der Waals surface area contributed by atoms with Gasteiger partial charge in [-0.1, -0.05) is 27.2 Å². The number of hydrogen-bond acceptors (Lipinski definition) is 2. The molecule has 0 bridgehead atoms. The highest BCUT2D eigenvalue weighted by molar-refractivity contribution is 5.79. The molecule has 0 aromatic carbocycles. The van der Waals surface area contributed by atoms with Gasteiger partial charge >= 0.3 is 0 Å². The van der Waals surface area contributed by atoms with E-state index >= 15 is 0 Å². The first-order chi connectivity index (χ1) is 9.17. The fourth-order valence-electron chi connectivity index (χ4n) is 2.12. The molecule has 0 unspecified atom stereocenters. The number of hydrogen-bond donors (Lipinski definition) is 3. The highest BCUT2D eigenvalue weighted by Gasteiger charge is 2.25. The van der Waals surface area contributed by atoms with Crippen molar-refractivity contribution < 1.29 is 5.11 Å². The number of aliphatic hydroxyl groups is 1. The monoisotopic (exact) mass is 271 g/mol. The Kier molecular flexibility index (Phi) is 10.6. The predicted molar refractivity (Wildman–Crippen MR) is 83.6 cm³/mol. The molecule has 0 aromatic heterocycles. The van der Waals surface area contributed by atoms with E-state index in [1.54, 1.807) is 0 Å². The number of rotatable bonds is 10. The SMILES string of the molecule is CCCCNC(=NCC(CC)(CC)CCO)NCC. The van der Waals surface area contributed by atoms with E-state index in [1.807, 2.05) is 0 Å². The van der Waals surface area contributed by atoms with E-state index in [-0.39, 0.29) is 12.0 Å². The molecule has 19 heavy (non-hydrogen) atoms. The van der Waals surface area contributed by atoms with Crippen molar-refractivity contribution in [3.05, 3.63) is 0 Å². The topological polar surface area (TPSA) is 56.7 Å². The molecule has 0 spiro atoms. The Morgan fingerprint density at radius 1 is 1.11 bits per heavy atom. The van der Waals surface area contributed by atoms with Crippen molar-refractivity contribution in [3.8, 4) is 0 Å². The molecule has 114 valence electrons. The van der Waals surface area contributed by atoms with E-state index in [4.69, 9.17) is 4.99 Å². The molecule has 4 nitrogen and oxygen atoms in total. The van der Waals surface area contributed by atoms with Crippen molar-refractivity contribution in [1.82, 2.24) is 10.6 Å². The Balaban J connectivity index is 4.53. The largest absolute Gasteiger partial charge is 0.396 e. The van der Waals surface area contributed by atoms with Crippen LogP contribution in [0.3, 0.4) is 0 Å². The third-order valence-corrected chi connectivity index (χ3v) is 3.88. The van der Waals surface area contributed by atoms with Gasteiger partial charge in [0, 0.05) is 26.2 Å². The van der Waals surface area contributed by atoms with Crippen LogP contribution in [0.5, 0.6) is 0 Å². The Morgan fingerprint density at radius 3 is 2.26 bits per heavy atom. The van der Waals surface area contributed by atoms with Gasteiger partial charge < -0.3 is 15.7 Å². The summed E-state index contributed by atoms with van der Waals surface area (Å²) in [5.41, 5.74) is 0.141. The standard InChI is InChI=1S/C15H33N3O/c1-5-9-11-17-14(16-8-4)18-13-15(6-2,7-3)10-12-19/h19H,5-13H2,1-4H3,(H2,16,17,18). The average Bonchev–Trinajstić information content (AvgIpc) is 2.43. The smallest absolute Gasteiger partial charge is 0.191 e. The molecule has 0 aliphatic heterocycles. The molecular weight excluding hydrogens is 238 g/mol. The molecule has 0 saturated carbocycles. The molecule has 0 amide bonds. The van der Waals surface area contributed by atoms with E-state index in [1.165, 1.54) is 6.42 Å². The van der Waals surface area contributed by atoms with Crippen LogP contribution in [0.15, 0.2) is 4.99 Å². The predicted octanol–water partition coefficient (Wildman–Crippen LogP) is 2.53. The van der Waals surface area contributed by atoms with Crippen LogP contribution < -0.4 is 10.6 Å². The van der Waals surface area contributed by atoms with Crippen LogP contribution in [0.4, 0.5) is 0 Å². The number of nitrogens with one attached hydrogen (secondary N) is 2. The maximum Gasteiger partial charge on any atom is 0.191 e. The summed E-state index contributed by atoms with van der Waals surface area (Å²) in [6.45, 7) is 11.5. The molecule has 0 rings (SSSR count). The minimum absolute atomic E-state index is 0.141. The zero-order valence-electron chi connectivity index (χ0n) is 13.3. The van der Waals surface area contributed by atoms with Gasteiger partial charge in [-0.3, -0.25) is 4.99 Å². The Labute approximate surface area is 119 Å². The molecule has 0 aromatic rings. The quantitative estimate of drug-likeness (QED) is 0.325. The summed E-state index contributed by atoms with van der Waals surface area (Å²) in [5, 5.41) is 15.9. The maximum absolute atomic E-state index is 9.23. The number of aliphatic hydroxyl groups excluding tert-OH is 1. The Bertz CT molecular complexity index is 238. The molecule has 3 N–H and O–H groups in total. The number of nitrogens with zero attached hydrogens (tertiary/aromatic N) is 1. The van der Waals surface area contributed by atoms with E-state index in [0.717, 1.165) is 51.3 Å². The third kappa shape index (κ3) is 7.41. The fourth-order valence-corrected chi connectivity index (χ4v) is 2.12. The number of guanidine groups is 1. The zero-order chi connectivity index (χ0) is 14.6. The summed E-state index contributed by atoms with van der Waals surface area (Å²) >= 11 is 0. The van der Waals surface area contributed by atoms with Gasteiger partial charge in [0.15, 0.2) is 5.96 Å². The molecule has 0 heterocycles. The average molecular weight is 271 g/mol. The minimum atomic E-state index is 0.141. The van der Waals surface area contributed by atoms with Crippen LogP contribution in [-0.4, -0.2) is 37.3 Å². The zero-order valence-corrected chi connectivity index (χ0v) is 13.3. The number of unbranched alkanes of at least 4 members (excludes halogenated alkanes) is 1. The normalized spacial score (nSPS) is 12.6. The van der Waals surface area contributed by atoms with Crippen molar-refractivity contribution in [3.63, 3.8) is 0 Å². The van der Waals surface area contributed by atoms with Crippen LogP contribution in [0.25, 0.3) is 0 Å². The summed E-state index contributed by atoms with van der Waals surface area (Å²) in [4.78, 5) is 4.70.